The van der Waals surface area contributed by atoms with Crippen molar-refractivity contribution >= 4 is 27.7 Å². The Bertz CT molecular complexity index is 1140. The lowest BCUT2D eigenvalue weighted by molar-refractivity contribution is -0.142. The molecule has 5 nitrogen and oxygen atoms in total. The SMILES string of the molecule is Cc1ccc(OCCCC(=O)N(Cc2ccc(Br)cc2)C(Cc2ccccc2)C(=O)NC(C)(C)C)cc1. The van der Waals surface area contributed by atoms with E-state index in [0.717, 1.165) is 21.3 Å². The summed E-state index contributed by atoms with van der Waals surface area (Å²) in [6.07, 6.45) is 1.28. The first-order valence-corrected chi connectivity index (χ1v) is 13.5. The minimum atomic E-state index is -0.643. The van der Waals surface area contributed by atoms with Crippen LogP contribution in [0.2, 0.25) is 0 Å². The van der Waals surface area contributed by atoms with E-state index in [4.69, 9.17) is 4.74 Å². The van der Waals surface area contributed by atoms with Crippen LogP contribution in [0.4, 0.5) is 0 Å². The van der Waals surface area contributed by atoms with Gasteiger partial charge in [-0.2, -0.15) is 0 Å². The fourth-order valence-corrected chi connectivity index (χ4v) is 4.25. The minimum Gasteiger partial charge on any atom is -0.494 e. The molecule has 0 saturated heterocycles. The summed E-state index contributed by atoms with van der Waals surface area (Å²) in [4.78, 5) is 28.9. The monoisotopic (exact) mass is 564 g/mol. The van der Waals surface area contributed by atoms with Crippen LogP contribution in [-0.2, 0) is 22.6 Å². The fraction of sp³-hybridized carbons (Fsp3) is 0.355. The molecule has 0 saturated carbocycles. The predicted molar refractivity (Wildman–Crippen MR) is 152 cm³/mol. The van der Waals surface area contributed by atoms with Crippen LogP contribution in [-0.4, -0.2) is 34.9 Å². The fourth-order valence-electron chi connectivity index (χ4n) is 3.98. The second kappa shape index (κ2) is 13.4. The number of halogens is 1. The van der Waals surface area contributed by atoms with Crippen LogP contribution in [0.5, 0.6) is 5.75 Å². The van der Waals surface area contributed by atoms with Crippen LogP contribution < -0.4 is 10.1 Å². The lowest BCUT2D eigenvalue weighted by atomic mass is 10.00. The highest BCUT2D eigenvalue weighted by Crippen LogP contribution is 2.19. The van der Waals surface area contributed by atoms with Crippen molar-refractivity contribution in [2.45, 2.75) is 65.1 Å². The Balaban J connectivity index is 1.80. The maximum absolute atomic E-state index is 13.7. The molecule has 2 amide bonds. The largest absolute Gasteiger partial charge is 0.494 e. The first kappa shape index (κ1) is 28.5. The van der Waals surface area contributed by atoms with Crippen molar-refractivity contribution in [3.63, 3.8) is 0 Å². The van der Waals surface area contributed by atoms with E-state index in [1.165, 1.54) is 5.56 Å². The van der Waals surface area contributed by atoms with Gasteiger partial charge in [-0.15, -0.1) is 0 Å². The number of amides is 2. The number of carbonyl (C=O) groups is 2. The Hall–Kier alpha value is -3.12. The molecule has 0 aliphatic heterocycles. The summed E-state index contributed by atoms with van der Waals surface area (Å²) in [6.45, 7) is 8.66. The molecule has 0 radical (unpaired) electrons. The number of aryl methyl sites for hydroxylation is 1. The van der Waals surface area contributed by atoms with E-state index in [0.29, 0.717) is 26.0 Å². The topological polar surface area (TPSA) is 58.6 Å². The van der Waals surface area contributed by atoms with Gasteiger partial charge in [0.15, 0.2) is 0 Å². The number of rotatable bonds is 11. The van der Waals surface area contributed by atoms with Gasteiger partial charge in [0.25, 0.3) is 0 Å². The molecular formula is C31H37BrN2O3. The highest BCUT2D eigenvalue weighted by molar-refractivity contribution is 9.10. The maximum Gasteiger partial charge on any atom is 0.243 e. The third-order valence-electron chi connectivity index (χ3n) is 5.86. The van der Waals surface area contributed by atoms with Gasteiger partial charge < -0.3 is 15.0 Å². The number of nitrogens with zero attached hydrogens (tertiary/aromatic N) is 1. The Morgan fingerprint density at radius 2 is 1.57 bits per heavy atom. The third kappa shape index (κ3) is 9.69. The van der Waals surface area contributed by atoms with E-state index in [-0.39, 0.29) is 18.2 Å². The molecule has 0 fully saturated rings. The van der Waals surface area contributed by atoms with Crippen molar-refractivity contribution in [2.24, 2.45) is 0 Å². The molecule has 37 heavy (non-hydrogen) atoms. The lowest BCUT2D eigenvalue weighted by Crippen LogP contribution is -2.54. The summed E-state index contributed by atoms with van der Waals surface area (Å²) in [5.74, 6) is 0.564. The van der Waals surface area contributed by atoms with Gasteiger partial charge in [0.2, 0.25) is 11.8 Å². The zero-order valence-electron chi connectivity index (χ0n) is 22.2. The van der Waals surface area contributed by atoms with Crippen LogP contribution in [0.25, 0.3) is 0 Å². The van der Waals surface area contributed by atoms with E-state index >= 15 is 0 Å². The summed E-state index contributed by atoms with van der Waals surface area (Å²) in [5.41, 5.74) is 2.73. The Morgan fingerprint density at radius 3 is 2.19 bits per heavy atom. The van der Waals surface area contributed by atoms with Gasteiger partial charge in [-0.3, -0.25) is 9.59 Å². The van der Waals surface area contributed by atoms with Crippen molar-refractivity contribution < 1.29 is 14.3 Å². The molecule has 3 aromatic rings. The van der Waals surface area contributed by atoms with Crippen LogP contribution >= 0.6 is 15.9 Å². The van der Waals surface area contributed by atoms with Gasteiger partial charge >= 0.3 is 0 Å². The molecule has 3 rings (SSSR count). The van der Waals surface area contributed by atoms with E-state index < -0.39 is 11.6 Å². The molecule has 0 heterocycles. The summed E-state index contributed by atoms with van der Waals surface area (Å²) < 4.78 is 6.80. The molecule has 0 aliphatic carbocycles. The van der Waals surface area contributed by atoms with Gasteiger partial charge in [0.1, 0.15) is 11.8 Å². The zero-order chi connectivity index (χ0) is 26.8. The highest BCUT2D eigenvalue weighted by Gasteiger charge is 2.32. The quantitative estimate of drug-likeness (QED) is 0.271. The van der Waals surface area contributed by atoms with Crippen LogP contribution in [0, 0.1) is 6.92 Å². The van der Waals surface area contributed by atoms with Crippen molar-refractivity contribution in [3.8, 4) is 5.75 Å². The number of hydrogen-bond donors (Lipinski definition) is 1. The Morgan fingerprint density at radius 1 is 0.919 bits per heavy atom. The number of ether oxygens (including phenoxy) is 1. The average Bonchev–Trinajstić information content (AvgIpc) is 2.85. The number of hydrogen-bond acceptors (Lipinski definition) is 3. The molecule has 1 unspecified atom stereocenters. The van der Waals surface area contributed by atoms with Gasteiger partial charge in [-0.1, -0.05) is 76.1 Å². The number of nitrogens with one attached hydrogen (secondary N) is 1. The summed E-state index contributed by atoms with van der Waals surface area (Å²) in [6, 6.07) is 24.9. The van der Waals surface area contributed by atoms with E-state index in [1.54, 1.807) is 4.90 Å². The first-order chi connectivity index (χ1) is 17.6. The number of benzene rings is 3. The van der Waals surface area contributed by atoms with E-state index in [1.807, 2.05) is 107 Å². The van der Waals surface area contributed by atoms with Gasteiger partial charge in [-0.25, -0.2) is 0 Å². The van der Waals surface area contributed by atoms with Crippen molar-refractivity contribution in [2.75, 3.05) is 6.61 Å². The van der Waals surface area contributed by atoms with Crippen LogP contribution in [0.15, 0.2) is 83.3 Å². The van der Waals surface area contributed by atoms with Gasteiger partial charge in [0, 0.05) is 29.4 Å². The summed E-state index contributed by atoms with van der Waals surface area (Å²) >= 11 is 3.48. The van der Waals surface area contributed by atoms with Crippen LogP contribution in [0.3, 0.4) is 0 Å². The molecule has 196 valence electrons. The minimum absolute atomic E-state index is 0.0691. The molecule has 1 atom stereocenters. The Kier molecular flexibility index (Phi) is 10.3. The molecule has 0 aliphatic rings. The maximum atomic E-state index is 13.7. The third-order valence-corrected chi connectivity index (χ3v) is 6.39. The molecular weight excluding hydrogens is 528 g/mol. The average molecular weight is 566 g/mol. The summed E-state index contributed by atoms with van der Waals surface area (Å²) in [7, 11) is 0. The lowest BCUT2D eigenvalue weighted by Gasteiger charge is -2.34. The number of carbonyl (C=O) groups excluding carboxylic acids is 2. The van der Waals surface area contributed by atoms with Crippen molar-refractivity contribution in [1.82, 2.24) is 10.2 Å². The van der Waals surface area contributed by atoms with Gasteiger partial charge in [-0.05, 0) is 69.5 Å². The molecule has 0 spiro atoms. The first-order valence-electron chi connectivity index (χ1n) is 12.7. The molecule has 0 aromatic heterocycles. The normalized spacial score (nSPS) is 12.0. The van der Waals surface area contributed by atoms with Crippen LogP contribution in [0.1, 0.15) is 50.3 Å². The molecule has 1 N–H and O–H groups in total. The summed E-state index contributed by atoms with van der Waals surface area (Å²) in [5, 5.41) is 3.10. The standard InChI is InChI=1S/C31H37BrN2O3/c1-23-12-18-27(19-13-23)37-20-8-11-29(35)34(22-25-14-16-26(32)17-15-25)28(30(36)33-31(2,3)4)21-24-9-6-5-7-10-24/h5-7,9-10,12-19,28H,8,11,20-22H2,1-4H3,(H,33,36). The highest BCUT2D eigenvalue weighted by atomic mass is 79.9. The van der Waals surface area contributed by atoms with E-state index in [9.17, 15) is 9.59 Å². The molecule has 0 bridgehead atoms. The smallest absolute Gasteiger partial charge is 0.243 e. The molecule has 3 aromatic carbocycles. The van der Waals surface area contributed by atoms with Crippen molar-refractivity contribution in [1.29, 1.82) is 0 Å². The second-order valence-corrected chi connectivity index (χ2v) is 11.3. The second-order valence-electron chi connectivity index (χ2n) is 10.4. The predicted octanol–water partition coefficient (Wildman–Crippen LogP) is 6.47. The molecule has 6 heteroatoms. The Labute approximate surface area is 229 Å². The van der Waals surface area contributed by atoms with Gasteiger partial charge in [0.05, 0.1) is 6.61 Å². The van der Waals surface area contributed by atoms with Crippen molar-refractivity contribution in [3.05, 3.63) is 100 Å². The van der Waals surface area contributed by atoms with E-state index in [2.05, 4.69) is 21.2 Å². The zero-order valence-corrected chi connectivity index (χ0v) is 23.8.